The molecule has 0 radical (unpaired) electrons. The first-order valence-corrected chi connectivity index (χ1v) is 12.4. The number of nitrogens with one attached hydrogen (secondary N) is 3. The van der Waals surface area contributed by atoms with E-state index in [-0.39, 0.29) is 6.04 Å². The number of hydrogen-bond donors (Lipinski definition) is 3. The van der Waals surface area contributed by atoms with Crippen LogP contribution in [0.5, 0.6) is 0 Å². The number of aromatic amines is 2. The van der Waals surface area contributed by atoms with Crippen LogP contribution in [-0.2, 0) is 18.5 Å². The van der Waals surface area contributed by atoms with Gasteiger partial charge in [0.15, 0.2) is 5.54 Å². The first kappa shape index (κ1) is 22.5. The Balaban J connectivity index is 1.44. The van der Waals surface area contributed by atoms with Crippen molar-refractivity contribution in [2.75, 3.05) is 0 Å². The van der Waals surface area contributed by atoms with Crippen LogP contribution in [-0.4, -0.2) is 39.9 Å². The molecule has 0 spiro atoms. The van der Waals surface area contributed by atoms with Crippen molar-refractivity contribution >= 4 is 10.9 Å². The molecule has 10 nitrogen and oxygen atoms in total. The molecule has 1 aliphatic heterocycles. The second-order valence-electron chi connectivity index (χ2n) is 9.43. The Labute approximate surface area is 216 Å². The minimum absolute atomic E-state index is 0.250. The SMILES string of the molecule is CCn1cc(C2(c3noc(C)n3)N[C@@H](c3nc(-c4ccc(F)cn4)c[nH]3)Cc3c2[nH]c2ccccc32)cn1. The van der Waals surface area contributed by atoms with Crippen LogP contribution >= 0.6 is 0 Å². The number of rotatable bonds is 5. The normalized spacial score (nSPS) is 19.2. The van der Waals surface area contributed by atoms with E-state index in [1.807, 2.05) is 36.1 Å². The van der Waals surface area contributed by atoms with E-state index < -0.39 is 11.4 Å². The molecule has 3 N–H and O–H groups in total. The highest BCUT2D eigenvalue weighted by Gasteiger charge is 2.50. The van der Waals surface area contributed by atoms with Crippen molar-refractivity contribution in [1.82, 2.24) is 45.2 Å². The van der Waals surface area contributed by atoms with E-state index in [4.69, 9.17) is 14.5 Å². The number of hydrogen-bond acceptors (Lipinski definition) is 7. The van der Waals surface area contributed by atoms with Crippen LogP contribution in [0.3, 0.4) is 0 Å². The lowest BCUT2D eigenvalue weighted by Crippen LogP contribution is -2.51. The second-order valence-corrected chi connectivity index (χ2v) is 9.43. The van der Waals surface area contributed by atoms with Gasteiger partial charge in [0.2, 0.25) is 11.7 Å². The summed E-state index contributed by atoms with van der Waals surface area (Å²) in [6, 6.07) is 11.0. The van der Waals surface area contributed by atoms with Gasteiger partial charge in [-0.2, -0.15) is 10.1 Å². The van der Waals surface area contributed by atoms with Crippen molar-refractivity contribution in [3.05, 3.63) is 101 Å². The third-order valence-electron chi connectivity index (χ3n) is 7.16. The van der Waals surface area contributed by atoms with Gasteiger partial charge in [-0.3, -0.25) is 15.0 Å². The summed E-state index contributed by atoms with van der Waals surface area (Å²) >= 11 is 0. The van der Waals surface area contributed by atoms with Crippen LogP contribution < -0.4 is 5.32 Å². The Morgan fingerprint density at radius 1 is 1.13 bits per heavy atom. The highest BCUT2D eigenvalue weighted by molar-refractivity contribution is 5.86. The van der Waals surface area contributed by atoms with Crippen LogP contribution in [0, 0.1) is 12.7 Å². The summed E-state index contributed by atoms with van der Waals surface area (Å²) in [5.41, 5.74) is 4.21. The van der Waals surface area contributed by atoms with Gasteiger partial charge in [0, 0.05) is 42.3 Å². The maximum atomic E-state index is 13.4. The van der Waals surface area contributed by atoms with Crippen molar-refractivity contribution in [2.24, 2.45) is 0 Å². The average molecular weight is 510 g/mol. The van der Waals surface area contributed by atoms with Gasteiger partial charge in [-0.25, -0.2) is 9.37 Å². The topological polar surface area (TPSA) is 126 Å². The van der Waals surface area contributed by atoms with Crippen molar-refractivity contribution in [1.29, 1.82) is 0 Å². The zero-order valence-electron chi connectivity index (χ0n) is 20.7. The number of imidazole rings is 1. The van der Waals surface area contributed by atoms with Gasteiger partial charge >= 0.3 is 0 Å². The molecule has 7 rings (SSSR count). The highest BCUT2D eigenvalue weighted by atomic mass is 19.1. The Bertz CT molecular complexity index is 1760. The fraction of sp³-hybridized carbons (Fsp3) is 0.222. The fourth-order valence-corrected chi connectivity index (χ4v) is 5.37. The molecule has 38 heavy (non-hydrogen) atoms. The van der Waals surface area contributed by atoms with Crippen molar-refractivity contribution in [3.63, 3.8) is 0 Å². The molecule has 6 aromatic rings. The van der Waals surface area contributed by atoms with Crippen LogP contribution in [0.1, 0.15) is 47.3 Å². The Morgan fingerprint density at radius 2 is 2.03 bits per heavy atom. The third-order valence-corrected chi connectivity index (χ3v) is 7.16. The zero-order chi connectivity index (χ0) is 25.9. The largest absolute Gasteiger partial charge is 0.356 e. The molecule has 0 fully saturated rings. The van der Waals surface area contributed by atoms with E-state index in [2.05, 4.69) is 42.7 Å². The smallest absolute Gasteiger partial charge is 0.223 e. The predicted molar refractivity (Wildman–Crippen MR) is 136 cm³/mol. The van der Waals surface area contributed by atoms with Crippen LogP contribution in [0.15, 0.2) is 65.7 Å². The van der Waals surface area contributed by atoms with E-state index in [9.17, 15) is 4.39 Å². The number of pyridine rings is 1. The number of para-hydroxylation sites is 1. The van der Waals surface area contributed by atoms with Crippen molar-refractivity contribution in [3.8, 4) is 11.4 Å². The molecule has 190 valence electrons. The van der Waals surface area contributed by atoms with Gasteiger partial charge in [0.25, 0.3) is 0 Å². The molecule has 1 aromatic carbocycles. The van der Waals surface area contributed by atoms with Crippen LogP contribution in [0.25, 0.3) is 22.3 Å². The standard InChI is InChI=1S/C27H24FN9O/c1-3-37-14-16(11-31-37)27(26-32-15(2)38-36-26)24-19(18-6-4-5-7-20(18)33-24)10-22(35-27)25-30-13-23(34-25)21-9-8-17(28)12-29-21/h4-9,11-14,22,33,35H,3,10H2,1-2H3,(H,30,34)/t22-,27?/m1/s1. The molecule has 0 amide bonds. The number of aryl methyl sites for hydroxylation is 2. The van der Waals surface area contributed by atoms with Gasteiger partial charge in [0.05, 0.1) is 29.8 Å². The molecule has 0 aliphatic carbocycles. The van der Waals surface area contributed by atoms with Gasteiger partial charge in [0.1, 0.15) is 17.3 Å². The number of nitrogens with zero attached hydrogens (tertiary/aromatic N) is 6. The molecule has 5 aromatic heterocycles. The first-order valence-electron chi connectivity index (χ1n) is 12.4. The molecule has 2 atom stereocenters. The summed E-state index contributed by atoms with van der Waals surface area (Å²) < 4.78 is 20.8. The van der Waals surface area contributed by atoms with Crippen molar-refractivity contribution < 1.29 is 8.91 Å². The predicted octanol–water partition coefficient (Wildman–Crippen LogP) is 4.18. The molecule has 1 aliphatic rings. The lowest BCUT2D eigenvalue weighted by Gasteiger charge is -2.39. The molecule has 0 saturated heterocycles. The monoisotopic (exact) mass is 509 g/mol. The van der Waals surface area contributed by atoms with Crippen LogP contribution in [0.2, 0.25) is 0 Å². The summed E-state index contributed by atoms with van der Waals surface area (Å²) in [5.74, 6) is 1.27. The summed E-state index contributed by atoms with van der Waals surface area (Å²) in [7, 11) is 0. The Morgan fingerprint density at radius 3 is 2.79 bits per heavy atom. The Hall–Kier alpha value is -4.64. The lowest BCUT2D eigenvalue weighted by molar-refractivity contribution is 0.317. The zero-order valence-corrected chi connectivity index (χ0v) is 20.7. The quantitative estimate of drug-likeness (QED) is 0.318. The van der Waals surface area contributed by atoms with E-state index >= 15 is 0 Å². The second kappa shape index (κ2) is 8.45. The van der Waals surface area contributed by atoms with Gasteiger partial charge in [-0.05, 0) is 37.1 Å². The number of benzene rings is 1. The average Bonchev–Trinajstić information content (AvgIpc) is 3.74. The summed E-state index contributed by atoms with van der Waals surface area (Å²) in [6.07, 6.45) is 7.49. The fourth-order valence-electron chi connectivity index (χ4n) is 5.37. The van der Waals surface area contributed by atoms with E-state index in [0.29, 0.717) is 29.5 Å². The highest BCUT2D eigenvalue weighted by Crippen LogP contribution is 2.45. The molecule has 11 heteroatoms. The lowest BCUT2D eigenvalue weighted by atomic mass is 9.79. The van der Waals surface area contributed by atoms with Gasteiger partial charge < -0.3 is 14.5 Å². The molecule has 1 unspecified atom stereocenters. The summed E-state index contributed by atoms with van der Waals surface area (Å²) in [6.45, 7) is 4.54. The van der Waals surface area contributed by atoms with E-state index in [1.54, 1.807) is 19.2 Å². The Kier molecular flexibility index (Phi) is 5.02. The molecule has 0 saturated carbocycles. The number of aromatic nitrogens is 8. The minimum Gasteiger partial charge on any atom is -0.356 e. The molecule has 0 bridgehead atoms. The maximum Gasteiger partial charge on any atom is 0.223 e. The van der Waals surface area contributed by atoms with Crippen molar-refractivity contribution in [2.45, 2.75) is 38.4 Å². The number of halogens is 1. The summed E-state index contributed by atoms with van der Waals surface area (Å²) in [4.78, 5) is 20.7. The third kappa shape index (κ3) is 3.39. The van der Waals surface area contributed by atoms with Gasteiger partial charge in [-0.1, -0.05) is 23.4 Å². The summed E-state index contributed by atoms with van der Waals surface area (Å²) in [5, 5.41) is 13.9. The number of fused-ring (bicyclic) bond motifs is 3. The maximum absolute atomic E-state index is 13.4. The molecular formula is C27H24FN9O. The minimum atomic E-state index is -0.983. The van der Waals surface area contributed by atoms with E-state index in [1.165, 1.54) is 12.3 Å². The first-order chi connectivity index (χ1) is 18.5. The number of H-pyrrole nitrogens is 2. The molecular weight excluding hydrogens is 485 g/mol. The van der Waals surface area contributed by atoms with E-state index in [0.717, 1.165) is 40.1 Å². The van der Waals surface area contributed by atoms with Crippen LogP contribution in [0.4, 0.5) is 4.39 Å². The van der Waals surface area contributed by atoms with Gasteiger partial charge in [-0.15, -0.1) is 0 Å². The molecule has 6 heterocycles.